The number of fused-ring (bicyclic) bond motifs is 1. The Morgan fingerprint density at radius 3 is 2.46 bits per heavy atom. The number of carbonyl (C=O) groups is 2. The van der Waals surface area contributed by atoms with Gasteiger partial charge in [0.2, 0.25) is 0 Å². The third-order valence-corrected chi connectivity index (χ3v) is 4.10. The molecule has 26 heavy (non-hydrogen) atoms. The van der Waals surface area contributed by atoms with Crippen molar-refractivity contribution in [3.8, 4) is 0 Å². The number of nitrogens with one attached hydrogen (secondary N) is 1. The highest BCUT2D eigenvalue weighted by molar-refractivity contribution is 6.38. The van der Waals surface area contributed by atoms with Crippen LogP contribution in [0, 0.1) is 5.82 Å². The molecular formula is C19H13ClFNO4. The molecule has 0 bridgehead atoms. The van der Waals surface area contributed by atoms with Crippen molar-refractivity contribution in [1.29, 1.82) is 0 Å². The molecule has 7 heteroatoms. The highest BCUT2D eigenvalue weighted by Crippen LogP contribution is 2.31. The van der Waals surface area contributed by atoms with Gasteiger partial charge in [0.25, 0.3) is 5.78 Å². The summed E-state index contributed by atoms with van der Waals surface area (Å²) in [6.07, 6.45) is 0.959. The van der Waals surface area contributed by atoms with E-state index in [9.17, 15) is 19.1 Å². The minimum Gasteiger partial charge on any atom is -0.507 e. The van der Waals surface area contributed by atoms with Crippen molar-refractivity contribution in [3.63, 3.8) is 0 Å². The van der Waals surface area contributed by atoms with Crippen LogP contribution in [0.1, 0.15) is 16.8 Å². The van der Waals surface area contributed by atoms with E-state index in [1.807, 2.05) is 0 Å². The smallest absolute Gasteiger partial charge is 0.376 e. The molecule has 0 aliphatic heterocycles. The molecule has 0 saturated heterocycles. The lowest BCUT2D eigenvalue weighted by Gasteiger charge is -2.05. The van der Waals surface area contributed by atoms with E-state index in [0.29, 0.717) is 34.1 Å². The van der Waals surface area contributed by atoms with Crippen molar-refractivity contribution in [2.24, 2.45) is 0 Å². The maximum atomic E-state index is 13.1. The Hall–Kier alpha value is -3.12. The Morgan fingerprint density at radius 1 is 1.12 bits per heavy atom. The van der Waals surface area contributed by atoms with Crippen LogP contribution in [0.25, 0.3) is 16.7 Å². The summed E-state index contributed by atoms with van der Waals surface area (Å²) in [5.41, 5.74) is 2.24. The van der Waals surface area contributed by atoms with Gasteiger partial charge in [-0.25, -0.2) is 9.18 Å². The van der Waals surface area contributed by atoms with Gasteiger partial charge in [-0.1, -0.05) is 23.7 Å². The van der Waals surface area contributed by atoms with Gasteiger partial charge in [-0.05, 0) is 35.9 Å². The fraction of sp³-hybridized carbons (Fsp3) is 0.0526. The number of halogens is 2. The number of rotatable bonds is 5. The number of aliphatic hydroxyl groups is 1. The number of aromatic nitrogens is 1. The zero-order valence-electron chi connectivity index (χ0n) is 13.3. The van der Waals surface area contributed by atoms with Crippen molar-refractivity contribution in [2.45, 2.75) is 6.42 Å². The monoisotopic (exact) mass is 373 g/mol. The largest absolute Gasteiger partial charge is 0.507 e. The number of benzene rings is 2. The molecule has 5 nitrogen and oxygen atoms in total. The number of aliphatic carboxylic acids is 1. The molecule has 132 valence electrons. The number of hydrogen-bond acceptors (Lipinski definition) is 3. The zero-order valence-corrected chi connectivity index (χ0v) is 14.0. The van der Waals surface area contributed by atoms with Gasteiger partial charge >= 0.3 is 5.97 Å². The number of aromatic amines is 1. The van der Waals surface area contributed by atoms with Gasteiger partial charge < -0.3 is 15.2 Å². The van der Waals surface area contributed by atoms with Crippen LogP contribution < -0.4 is 0 Å². The summed E-state index contributed by atoms with van der Waals surface area (Å²) in [7, 11) is 0. The van der Waals surface area contributed by atoms with Crippen LogP contribution >= 0.6 is 11.6 Å². The number of carboxylic acids is 1. The van der Waals surface area contributed by atoms with Crippen molar-refractivity contribution in [3.05, 3.63) is 76.2 Å². The molecule has 3 N–H and O–H groups in total. The van der Waals surface area contributed by atoms with E-state index in [2.05, 4.69) is 4.98 Å². The first kappa shape index (κ1) is 17.7. The first-order chi connectivity index (χ1) is 12.3. The molecule has 1 aromatic heterocycles. The molecule has 2 aromatic carbocycles. The van der Waals surface area contributed by atoms with Crippen molar-refractivity contribution < 1.29 is 24.2 Å². The highest BCUT2D eigenvalue weighted by Gasteiger charge is 2.18. The number of carboxylic acid groups (broad SMARTS) is 1. The standard InChI is InChI=1S/C19H13ClFNO4/c20-11-3-6-14-13(8-11)18(16(23)9-17(24)19(25)26)15(22-14)7-10-1-4-12(21)5-2-10/h1-6,8-9,22-23H,7H2,(H,25,26)/b16-9-. The van der Waals surface area contributed by atoms with Crippen molar-refractivity contribution in [1.82, 2.24) is 4.98 Å². The van der Waals surface area contributed by atoms with Gasteiger partial charge in [0.15, 0.2) is 0 Å². The molecule has 0 aliphatic carbocycles. The second-order valence-corrected chi connectivity index (χ2v) is 6.11. The average Bonchev–Trinajstić information content (AvgIpc) is 2.93. The quantitative estimate of drug-likeness (QED) is 0.357. The topological polar surface area (TPSA) is 90.4 Å². The van der Waals surface area contributed by atoms with Gasteiger partial charge in [-0.3, -0.25) is 4.79 Å². The predicted octanol–water partition coefficient (Wildman–Crippen LogP) is 4.10. The molecule has 0 atom stereocenters. The summed E-state index contributed by atoms with van der Waals surface area (Å²) in [5.74, 6) is -3.77. The molecule has 0 saturated carbocycles. The van der Waals surface area contributed by atoms with Crippen LogP contribution in [-0.2, 0) is 16.0 Å². The van der Waals surface area contributed by atoms with Crippen LogP contribution in [0.4, 0.5) is 4.39 Å². The van der Waals surface area contributed by atoms with Crippen LogP contribution in [0.3, 0.4) is 0 Å². The van der Waals surface area contributed by atoms with Crippen LogP contribution in [0.15, 0.2) is 48.5 Å². The number of ketones is 1. The lowest BCUT2D eigenvalue weighted by atomic mass is 10.0. The molecule has 0 amide bonds. The Morgan fingerprint density at radius 2 is 1.81 bits per heavy atom. The second-order valence-electron chi connectivity index (χ2n) is 5.67. The van der Waals surface area contributed by atoms with Gasteiger partial charge in [0.05, 0.1) is 0 Å². The Kier molecular flexibility index (Phi) is 4.77. The van der Waals surface area contributed by atoms with E-state index < -0.39 is 17.5 Å². The first-order valence-electron chi connectivity index (χ1n) is 7.58. The number of hydrogen-bond donors (Lipinski definition) is 3. The third-order valence-electron chi connectivity index (χ3n) is 3.87. The molecule has 0 unspecified atom stereocenters. The lowest BCUT2D eigenvalue weighted by Crippen LogP contribution is -2.09. The van der Waals surface area contributed by atoms with Gasteiger partial charge in [0.1, 0.15) is 11.6 Å². The summed E-state index contributed by atoms with van der Waals surface area (Å²) in [6, 6.07) is 10.8. The summed E-state index contributed by atoms with van der Waals surface area (Å²) >= 11 is 6.02. The molecular weight excluding hydrogens is 361 g/mol. The summed E-state index contributed by atoms with van der Waals surface area (Å²) in [6.45, 7) is 0. The SMILES string of the molecule is O=C(O)C(=O)/C=C(\O)c1c(Cc2ccc(F)cc2)[nH]c2ccc(Cl)cc12. The summed E-state index contributed by atoms with van der Waals surface area (Å²) < 4.78 is 13.1. The zero-order chi connectivity index (χ0) is 18.8. The van der Waals surface area contributed by atoms with Crippen molar-refractivity contribution in [2.75, 3.05) is 0 Å². The van der Waals surface area contributed by atoms with E-state index in [4.69, 9.17) is 16.7 Å². The molecule has 0 radical (unpaired) electrons. The molecule has 3 rings (SSSR count). The molecule has 0 aliphatic rings. The van der Waals surface area contributed by atoms with Crippen molar-refractivity contribution >= 4 is 40.0 Å². The average molecular weight is 374 g/mol. The second kappa shape index (κ2) is 7.01. The van der Waals surface area contributed by atoms with Crippen LogP contribution in [0.5, 0.6) is 0 Å². The van der Waals surface area contributed by atoms with E-state index >= 15 is 0 Å². The fourth-order valence-corrected chi connectivity index (χ4v) is 2.88. The molecule has 0 fully saturated rings. The van der Waals surface area contributed by atoms with Crippen LogP contribution in [-0.4, -0.2) is 26.9 Å². The summed E-state index contributed by atoms with van der Waals surface area (Å²) in [5, 5.41) is 20.1. The minimum absolute atomic E-state index is 0.279. The lowest BCUT2D eigenvalue weighted by molar-refractivity contribution is -0.146. The van der Waals surface area contributed by atoms with E-state index in [0.717, 1.165) is 5.56 Å². The van der Waals surface area contributed by atoms with Crippen LogP contribution in [0.2, 0.25) is 5.02 Å². The van der Waals surface area contributed by atoms with E-state index in [1.54, 1.807) is 30.3 Å². The Balaban J connectivity index is 2.14. The van der Waals surface area contributed by atoms with Gasteiger partial charge in [-0.15, -0.1) is 0 Å². The molecule has 0 spiro atoms. The van der Waals surface area contributed by atoms with Gasteiger partial charge in [-0.2, -0.15) is 0 Å². The molecule has 3 aromatic rings. The van der Waals surface area contributed by atoms with Gasteiger partial charge in [0, 0.05) is 39.7 Å². The maximum Gasteiger partial charge on any atom is 0.376 e. The highest BCUT2D eigenvalue weighted by atomic mass is 35.5. The number of carbonyl (C=O) groups excluding carboxylic acids is 1. The fourth-order valence-electron chi connectivity index (χ4n) is 2.71. The maximum absolute atomic E-state index is 13.1. The summed E-state index contributed by atoms with van der Waals surface area (Å²) in [4.78, 5) is 25.3. The Labute approximate surface area is 152 Å². The number of H-pyrrole nitrogens is 1. The van der Waals surface area contributed by atoms with E-state index in [1.165, 1.54) is 12.1 Å². The number of aliphatic hydroxyl groups excluding tert-OH is 1. The third kappa shape index (κ3) is 3.60. The van der Waals surface area contributed by atoms with E-state index in [-0.39, 0.29) is 11.4 Å². The molecule has 1 heterocycles. The minimum atomic E-state index is -1.67. The predicted molar refractivity (Wildman–Crippen MR) is 95.8 cm³/mol. The first-order valence-corrected chi connectivity index (χ1v) is 7.96. The normalized spacial score (nSPS) is 11.7. The Bertz CT molecular complexity index is 1040.